The Bertz CT molecular complexity index is 526. The van der Waals surface area contributed by atoms with Crippen molar-refractivity contribution >= 4 is 45.8 Å². The fourth-order valence-corrected chi connectivity index (χ4v) is 1.92. The maximum Gasteiger partial charge on any atom is 0.319 e. The first kappa shape index (κ1) is 10.9. The fraction of sp³-hybridized carbons (Fsp3) is 0.143. The van der Waals surface area contributed by atoms with Gasteiger partial charge in [0.05, 0.1) is 5.02 Å². The van der Waals surface area contributed by atoms with E-state index < -0.39 is 6.55 Å². The molecule has 2 aromatic rings. The van der Waals surface area contributed by atoms with Gasteiger partial charge in [-0.05, 0) is 11.6 Å². The number of nitrogens with zero attached hydrogens (tertiary/aromatic N) is 3. The third-order valence-corrected chi connectivity index (χ3v) is 2.47. The smallest absolute Gasteiger partial charge is 0.285 e. The Morgan fingerprint density at radius 3 is 2.47 bits per heavy atom. The van der Waals surface area contributed by atoms with Crippen molar-refractivity contribution in [2.75, 3.05) is 0 Å². The Labute approximate surface area is 97.6 Å². The van der Waals surface area contributed by atoms with Gasteiger partial charge in [-0.3, -0.25) is 4.57 Å². The van der Waals surface area contributed by atoms with Crippen LogP contribution in [0.15, 0.2) is 6.20 Å². The van der Waals surface area contributed by atoms with Gasteiger partial charge in [-0.25, -0.2) is 9.97 Å². The maximum atomic E-state index is 12.5. The number of aromatic nitrogens is 3. The summed E-state index contributed by atoms with van der Waals surface area (Å²) in [6, 6.07) is 0. The number of hydrogen-bond donors (Lipinski definition) is 0. The third-order valence-electron chi connectivity index (χ3n) is 1.76. The highest BCUT2D eigenvalue weighted by molar-refractivity contribution is 6.39. The van der Waals surface area contributed by atoms with E-state index in [1.165, 1.54) is 0 Å². The summed E-state index contributed by atoms with van der Waals surface area (Å²) in [7, 11) is 0. The summed E-state index contributed by atoms with van der Waals surface area (Å²) in [6.45, 7) is -2.76. The lowest BCUT2D eigenvalue weighted by Crippen LogP contribution is -1.97. The zero-order chi connectivity index (χ0) is 11.2. The molecule has 3 nitrogen and oxygen atoms in total. The zero-order valence-corrected chi connectivity index (χ0v) is 9.15. The minimum Gasteiger partial charge on any atom is -0.285 e. The van der Waals surface area contributed by atoms with Crippen LogP contribution in [0.3, 0.4) is 0 Å². The van der Waals surface area contributed by atoms with E-state index in [1.54, 1.807) is 0 Å². The largest absolute Gasteiger partial charge is 0.319 e. The summed E-state index contributed by atoms with van der Waals surface area (Å²) in [6.07, 6.45) is 1.04. The van der Waals surface area contributed by atoms with Crippen molar-refractivity contribution in [3.63, 3.8) is 0 Å². The number of alkyl halides is 2. The molecule has 2 aromatic heterocycles. The van der Waals surface area contributed by atoms with Crippen molar-refractivity contribution in [3.8, 4) is 0 Å². The molecule has 0 aromatic carbocycles. The van der Waals surface area contributed by atoms with Gasteiger partial charge >= 0.3 is 6.55 Å². The lowest BCUT2D eigenvalue weighted by Gasteiger charge is -2.03. The van der Waals surface area contributed by atoms with E-state index in [0.717, 1.165) is 6.20 Å². The van der Waals surface area contributed by atoms with Crippen LogP contribution in [0.5, 0.6) is 0 Å². The third kappa shape index (κ3) is 1.75. The molecule has 2 heterocycles. The van der Waals surface area contributed by atoms with Crippen molar-refractivity contribution < 1.29 is 8.78 Å². The molecular weight excluding hydrogens is 270 g/mol. The number of halogens is 5. The van der Waals surface area contributed by atoms with Crippen LogP contribution in [0.25, 0.3) is 11.0 Å². The molecule has 0 atom stereocenters. The van der Waals surface area contributed by atoms with Gasteiger partial charge in [-0.2, -0.15) is 8.78 Å². The first-order chi connectivity index (χ1) is 7.00. The molecule has 0 amide bonds. The van der Waals surface area contributed by atoms with Crippen LogP contribution < -0.4 is 0 Å². The van der Waals surface area contributed by atoms with Crippen molar-refractivity contribution in [1.82, 2.24) is 14.5 Å². The normalized spacial score (nSPS) is 11.6. The first-order valence-electron chi connectivity index (χ1n) is 3.68. The summed E-state index contributed by atoms with van der Waals surface area (Å²) in [4.78, 5) is 7.29. The highest BCUT2D eigenvalue weighted by Gasteiger charge is 2.18. The Kier molecular flexibility index (Phi) is 2.70. The van der Waals surface area contributed by atoms with Crippen molar-refractivity contribution in [1.29, 1.82) is 0 Å². The van der Waals surface area contributed by atoms with E-state index in [2.05, 4.69) is 9.97 Å². The average Bonchev–Trinajstić information content (AvgIpc) is 2.44. The number of rotatable bonds is 1. The highest BCUT2D eigenvalue weighted by Crippen LogP contribution is 2.32. The predicted octanol–water partition coefficient (Wildman–Crippen LogP) is 3.79. The van der Waals surface area contributed by atoms with Gasteiger partial charge in [0.25, 0.3) is 0 Å². The molecule has 0 unspecified atom stereocenters. The predicted molar refractivity (Wildman–Crippen MR) is 53.8 cm³/mol. The molecule has 15 heavy (non-hydrogen) atoms. The number of hydrogen-bond acceptors (Lipinski definition) is 2. The second-order valence-electron chi connectivity index (χ2n) is 2.64. The van der Waals surface area contributed by atoms with E-state index in [1.807, 2.05) is 0 Å². The quantitative estimate of drug-likeness (QED) is 0.584. The van der Waals surface area contributed by atoms with Crippen molar-refractivity contribution in [3.05, 3.63) is 21.7 Å². The molecule has 0 saturated carbocycles. The van der Waals surface area contributed by atoms with E-state index in [0.29, 0.717) is 4.57 Å². The van der Waals surface area contributed by atoms with Gasteiger partial charge in [0.1, 0.15) is 11.0 Å². The molecule has 0 aliphatic heterocycles. The van der Waals surface area contributed by atoms with Crippen molar-refractivity contribution in [2.45, 2.75) is 6.55 Å². The minimum atomic E-state index is -2.76. The summed E-state index contributed by atoms with van der Waals surface area (Å²) in [5.74, 6) is 0. The van der Waals surface area contributed by atoms with Crippen LogP contribution in [0.4, 0.5) is 8.78 Å². The minimum absolute atomic E-state index is 0.0268. The summed E-state index contributed by atoms with van der Waals surface area (Å²) < 4.78 is 25.7. The average molecular weight is 272 g/mol. The van der Waals surface area contributed by atoms with Crippen LogP contribution in [-0.2, 0) is 0 Å². The van der Waals surface area contributed by atoms with Gasteiger partial charge in [0.2, 0.25) is 5.28 Å². The Balaban J connectivity index is 2.87. The molecule has 0 aliphatic rings. The second kappa shape index (κ2) is 3.73. The lowest BCUT2D eigenvalue weighted by atomic mass is 10.5. The van der Waals surface area contributed by atoms with Crippen LogP contribution in [0, 0.1) is 0 Å². The maximum absolute atomic E-state index is 12.5. The molecule has 0 radical (unpaired) electrons. The Morgan fingerprint density at radius 2 is 1.87 bits per heavy atom. The van der Waals surface area contributed by atoms with E-state index in [4.69, 9.17) is 34.8 Å². The second-order valence-corrected chi connectivity index (χ2v) is 3.75. The number of fused-ring (bicyclic) bond motifs is 1. The molecule has 0 aliphatic carbocycles. The van der Waals surface area contributed by atoms with Gasteiger partial charge < -0.3 is 0 Å². The molecule has 80 valence electrons. The monoisotopic (exact) mass is 271 g/mol. The topological polar surface area (TPSA) is 30.7 Å². The van der Waals surface area contributed by atoms with Gasteiger partial charge in [-0.15, -0.1) is 0 Å². The molecule has 0 N–H and O–H groups in total. The molecule has 8 heteroatoms. The Hall–Kier alpha value is -0.650. The van der Waals surface area contributed by atoms with Crippen LogP contribution in [0.2, 0.25) is 15.5 Å². The first-order valence-corrected chi connectivity index (χ1v) is 4.81. The van der Waals surface area contributed by atoms with Crippen LogP contribution >= 0.6 is 34.8 Å². The van der Waals surface area contributed by atoms with Crippen LogP contribution in [0.1, 0.15) is 6.55 Å². The van der Waals surface area contributed by atoms with Crippen molar-refractivity contribution in [2.24, 2.45) is 0 Å². The van der Waals surface area contributed by atoms with Gasteiger partial charge in [0, 0.05) is 6.20 Å². The fourth-order valence-electron chi connectivity index (χ4n) is 1.20. The summed E-state index contributed by atoms with van der Waals surface area (Å²) >= 11 is 16.9. The Morgan fingerprint density at radius 1 is 1.20 bits per heavy atom. The highest BCUT2D eigenvalue weighted by atomic mass is 35.5. The van der Waals surface area contributed by atoms with E-state index >= 15 is 0 Å². The molecule has 2 rings (SSSR count). The SMILES string of the molecule is FC(F)n1cc(Cl)c2nc(Cl)nc(Cl)c21. The van der Waals surface area contributed by atoms with Gasteiger partial charge in [0.15, 0.2) is 5.15 Å². The summed E-state index contributed by atoms with van der Waals surface area (Å²) in [5.41, 5.74) is 0.0861. The molecular formula is C7H2Cl3F2N3. The van der Waals surface area contributed by atoms with Gasteiger partial charge in [-0.1, -0.05) is 23.2 Å². The van der Waals surface area contributed by atoms with E-state index in [9.17, 15) is 8.78 Å². The lowest BCUT2D eigenvalue weighted by molar-refractivity contribution is 0.0752. The molecule has 0 saturated heterocycles. The standard InChI is InChI=1S/C7H2Cl3F2N3/c8-2-1-15(7(11)12)4-3(2)13-6(10)14-5(4)9/h1,7H. The molecule has 0 bridgehead atoms. The molecule has 0 spiro atoms. The molecule has 0 fully saturated rings. The summed E-state index contributed by atoms with van der Waals surface area (Å²) in [5, 5.41) is -0.241. The van der Waals surface area contributed by atoms with E-state index in [-0.39, 0.29) is 26.5 Å². The zero-order valence-electron chi connectivity index (χ0n) is 6.89. The van der Waals surface area contributed by atoms with Crippen LogP contribution in [-0.4, -0.2) is 14.5 Å².